The number of halogens is 3. The van der Waals surface area contributed by atoms with Crippen molar-refractivity contribution in [3.05, 3.63) is 57.8 Å². The first-order valence-corrected chi connectivity index (χ1v) is 10.5. The van der Waals surface area contributed by atoms with Crippen molar-refractivity contribution in [2.45, 2.75) is 24.2 Å². The lowest BCUT2D eigenvalue weighted by molar-refractivity contribution is -0.115. The van der Waals surface area contributed by atoms with E-state index < -0.39 is 21.7 Å². The van der Waals surface area contributed by atoms with E-state index in [4.69, 9.17) is 23.2 Å². The molecule has 1 N–H and O–H groups in total. The van der Waals surface area contributed by atoms with E-state index in [9.17, 15) is 17.6 Å². The van der Waals surface area contributed by atoms with Crippen LogP contribution in [0.4, 0.5) is 10.1 Å². The van der Waals surface area contributed by atoms with Gasteiger partial charge in [-0.3, -0.25) is 4.79 Å². The summed E-state index contributed by atoms with van der Waals surface area (Å²) in [5, 5.41) is 2.80. The van der Waals surface area contributed by atoms with Gasteiger partial charge in [0.2, 0.25) is 15.9 Å². The molecule has 1 fully saturated rings. The Kier molecular flexibility index (Phi) is 6.05. The third-order valence-electron chi connectivity index (χ3n) is 4.30. The second kappa shape index (κ2) is 8.14. The number of carbonyl (C=O) groups is 1. The number of sulfonamides is 1. The van der Waals surface area contributed by atoms with Crippen LogP contribution < -0.4 is 5.32 Å². The van der Waals surface area contributed by atoms with Crippen molar-refractivity contribution in [3.8, 4) is 0 Å². The fraction of sp³-hybridized carbons (Fsp3) is 0.278. The Bertz CT molecular complexity index is 956. The zero-order chi connectivity index (χ0) is 19.6. The predicted octanol–water partition coefficient (Wildman–Crippen LogP) is 4.10. The number of nitrogens with one attached hydrogen (secondary N) is 1. The number of benzene rings is 2. The van der Waals surface area contributed by atoms with E-state index >= 15 is 0 Å². The van der Waals surface area contributed by atoms with E-state index in [1.54, 1.807) is 0 Å². The minimum Gasteiger partial charge on any atom is -0.326 e. The number of anilines is 1. The zero-order valence-corrected chi connectivity index (χ0v) is 16.5. The highest BCUT2D eigenvalue weighted by atomic mass is 35.5. The normalized spacial score (nSPS) is 15.1. The van der Waals surface area contributed by atoms with Crippen LogP contribution in [0.2, 0.25) is 10.0 Å². The molecule has 9 heteroatoms. The Hall–Kier alpha value is -1.67. The van der Waals surface area contributed by atoms with Crippen LogP contribution in [0.15, 0.2) is 41.3 Å². The molecule has 5 nitrogen and oxygen atoms in total. The molecule has 2 aromatic carbocycles. The molecule has 27 heavy (non-hydrogen) atoms. The average Bonchev–Trinajstić information content (AvgIpc) is 3.15. The second-order valence-electron chi connectivity index (χ2n) is 6.18. The van der Waals surface area contributed by atoms with Gasteiger partial charge in [0.15, 0.2) is 0 Å². The molecule has 0 aromatic heterocycles. The topological polar surface area (TPSA) is 66.5 Å². The molecule has 0 spiro atoms. The maximum Gasteiger partial charge on any atom is 0.244 e. The molecule has 1 saturated heterocycles. The second-order valence-corrected chi connectivity index (χ2v) is 8.90. The molecule has 0 bridgehead atoms. The van der Waals surface area contributed by atoms with Gasteiger partial charge in [-0.2, -0.15) is 4.31 Å². The number of amides is 1. The summed E-state index contributed by atoms with van der Waals surface area (Å²) in [4.78, 5) is 12.2. The molecule has 1 aliphatic heterocycles. The molecule has 0 atom stereocenters. The summed E-state index contributed by atoms with van der Waals surface area (Å²) in [7, 11) is -3.73. The first kappa shape index (κ1) is 20.1. The quantitative estimate of drug-likeness (QED) is 0.776. The van der Waals surface area contributed by atoms with Gasteiger partial charge in [-0.1, -0.05) is 29.3 Å². The number of hydrogen-bond acceptors (Lipinski definition) is 3. The van der Waals surface area contributed by atoms with Crippen LogP contribution in [0, 0.1) is 5.82 Å². The Morgan fingerprint density at radius 1 is 1.11 bits per heavy atom. The lowest BCUT2D eigenvalue weighted by Gasteiger charge is -2.17. The molecule has 0 radical (unpaired) electrons. The fourth-order valence-electron chi connectivity index (χ4n) is 2.91. The van der Waals surface area contributed by atoms with Crippen molar-refractivity contribution >= 4 is 44.8 Å². The Balaban J connectivity index is 1.81. The zero-order valence-electron chi connectivity index (χ0n) is 14.2. The summed E-state index contributed by atoms with van der Waals surface area (Å²) < 4.78 is 40.7. The van der Waals surface area contributed by atoms with E-state index in [1.165, 1.54) is 40.7 Å². The highest BCUT2D eigenvalue weighted by molar-refractivity contribution is 7.89. The monoisotopic (exact) mass is 430 g/mol. The van der Waals surface area contributed by atoms with E-state index in [0.717, 1.165) is 12.8 Å². The molecule has 144 valence electrons. The van der Waals surface area contributed by atoms with Gasteiger partial charge < -0.3 is 5.32 Å². The van der Waals surface area contributed by atoms with Gasteiger partial charge in [0.1, 0.15) is 10.7 Å². The summed E-state index contributed by atoms with van der Waals surface area (Å²) in [5.41, 5.74) is 0.338. The third-order valence-corrected chi connectivity index (χ3v) is 7.03. The van der Waals surface area contributed by atoms with Crippen LogP contribution in [0.5, 0.6) is 0 Å². The molecule has 2 aromatic rings. The van der Waals surface area contributed by atoms with Crippen LogP contribution in [0.25, 0.3) is 0 Å². The van der Waals surface area contributed by atoms with Crippen molar-refractivity contribution in [1.29, 1.82) is 0 Å². The van der Waals surface area contributed by atoms with E-state index in [0.29, 0.717) is 13.1 Å². The fourth-order valence-corrected chi connectivity index (χ4v) is 5.16. The van der Waals surface area contributed by atoms with Crippen molar-refractivity contribution in [3.63, 3.8) is 0 Å². The minimum absolute atomic E-state index is 0.0622. The van der Waals surface area contributed by atoms with Gasteiger partial charge in [-0.25, -0.2) is 12.8 Å². The first-order valence-electron chi connectivity index (χ1n) is 8.31. The number of carbonyl (C=O) groups excluding carboxylic acids is 1. The van der Waals surface area contributed by atoms with Gasteiger partial charge in [0.25, 0.3) is 0 Å². The Labute approximate surface area is 167 Å². The van der Waals surface area contributed by atoms with Gasteiger partial charge in [-0.05, 0) is 43.2 Å². The van der Waals surface area contributed by atoms with Crippen LogP contribution in [0.3, 0.4) is 0 Å². The average molecular weight is 431 g/mol. The lowest BCUT2D eigenvalue weighted by atomic mass is 10.1. The first-order chi connectivity index (χ1) is 12.8. The van der Waals surface area contributed by atoms with Crippen LogP contribution in [-0.2, 0) is 21.2 Å². The standard InChI is InChI=1S/C18H17Cl2FN2O3S/c19-14-4-3-5-16(21)13(14)11-18(24)22-12-6-7-15(20)17(10-12)27(25,26)23-8-1-2-9-23/h3-7,10H,1-2,8-9,11H2,(H,22,24). The van der Waals surface area contributed by atoms with Crippen molar-refractivity contribution < 1.29 is 17.6 Å². The summed E-state index contributed by atoms with van der Waals surface area (Å²) in [6.07, 6.45) is 1.33. The molecular weight excluding hydrogens is 414 g/mol. The minimum atomic E-state index is -3.73. The van der Waals surface area contributed by atoms with Crippen molar-refractivity contribution in [1.82, 2.24) is 4.31 Å². The molecule has 1 amide bonds. The largest absolute Gasteiger partial charge is 0.326 e. The molecule has 0 aliphatic carbocycles. The lowest BCUT2D eigenvalue weighted by Crippen LogP contribution is -2.28. The molecular formula is C18H17Cl2FN2O3S. The number of hydrogen-bond donors (Lipinski definition) is 1. The van der Waals surface area contributed by atoms with Crippen LogP contribution in [0.1, 0.15) is 18.4 Å². The third kappa shape index (κ3) is 4.43. The van der Waals surface area contributed by atoms with Gasteiger partial charge in [-0.15, -0.1) is 0 Å². The number of nitrogens with zero attached hydrogens (tertiary/aromatic N) is 1. The summed E-state index contributed by atoms with van der Waals surface area (Å²) in [6, 6.07) is 8.39. The number of rotatable bonds is 5. The maximum atomic E-state index is 13.8. The van der Waals surface area contributed by atoms with E-state index in [1.807, 2.05) is 0 Å². The van der Waals surface area contributed by atoms with E-state index in [2.05, 4.69) is 5.32 Å². The van der Waals surface area contributed by atoms with E-state index in [-0.39, 0.29) is 32.6 Å². The summed E-state index contributed by atoms with van der Waals surface area (Å²) in [5.74, 6) is -1.10. The van der Waals surface area contributed by atoms with Gasteiger partial charge in [0.05, 0.1) is 11.4 Å². The summed E-state index contributed by atoms with van der Waals surface area (Å²) in [6.45, 7) is 0.891. The van der Waals surface area contributed by atoms with Crippen molar-refractivity contribution in [2.24, 2.45) is 0 Å². The van der Waals surface area contributed by atoms with Crippen LogP contribution in [-0.4, -0.2) is 31.7 Å². The molecule has 1 heterocycles. The molecule has 0 saturated carbocycles. The Morgan fingerprint density at radius 3 is 2.48 bits per heavy atom. The highest BCUT2D eigenvalue weighted by Crippen LogP contribution is 2.30. The molecule has 0 unspecified atom stereocenters. The van der Waals surface area contributed by atoms with Crippen molar-refractivity contribution in [2.75, 3.05) is 18.4 Å². The van der Waals surface area contributed by atoms with Gasteiger partial charge in [0, 0.05) is 29.4 Å². The van der Waals surface area contributed by atoms with Crippen LogP contribution >= 0.6 is 23.2 Å². The molecule has 3 rings (SSSR count). The predicted molar refractivity (Wildman–Crippen MR) is 103 cm³/mol. The van der Waals surface area contributed by atoms with Gasteiger partial charge >= 0.3 is 0 Å². The summed E-state index contributed by atoms with van der Waals surface area (Å²) >= 11 is 12.0. The molecule has 1 aliphatic rings. The SMILES string of the molecule is O=C(Cc1c(F)cccc1Cl)Nc1ccc(Cl)c(S(=O)(=O)N2CCCC2)c1. The Morgan fingerprint density at radius 2 is 1.81 bits per heavy atom. The smallest absolute Gasteiger partial charge is 0.244 e. The highest BCUT2D eigenvalue weighted by Gasteiger charge is 2.29. The maximum absolute atomic E-state index is 13.8.